The molecule has 0 aliphatic carbocycles. The van der Waals surface area contributed by atoms with Gasteiger partial charge in [0.05, 0.1) is 12.3 Å². The first kappa shape index (κ1) is 8.50. The van der Waals surface area contributed by atoms with E-state index >= 15 is 0 Å². The second-order valence-corrected chi connectivity index (χ2v) is 4.22. The van der Waals surface area contributed by atoms with Crippen molar-refractivity contribution in [1.82, 2.24) is 10.2 Å². The summed E-state index contributed by atoms with van der Waals surface area (Å²) in [7, 11) is 0. The molecular weight excluding hydrogens is 176 g/mol. The number of nitrogens with zero attached hydrogens (tertiary/aromatic N) is 1. The summed E-state index contributed by atoms with van der Waals surface area (Å²) in [5.41, 5.74) is 0. The molecule has 3 rings (SSSR count). The van der Waals surface area contributed by atoms with Crippen molar-refractivity contribution in [2.24, 2.45) is 0 Å². The van der Waals surface area contributed by atoms with Crippen LogP contribution in [0.1, 0.15) is 24.6 Å². The minimum atomic E-state index is 0.464. The molecule has 14 heavy (non-hydrogen) atoms. The Morgan fingerprint density at radius 2 is 2.43 bits per heavy atom. The smallest absolute Gasteiger partial charge is 0.122 e. The SMILES string of the molecule is c1coc(C2CNC[C@@H]3CCCN23)c1. The molecule has 0 radical (unpaired) electrons. The maximum atomic E-state index is 5.50. The Balaban J connectivity index is 1.84. The van der Waals surface area contributed by atoms with Crippen LogP contribution in [0.5, 0.6) is 0 Å². The van der Waals surface area contributed by atoms with Crippen LogP contribution in [0.15, 0.2) is 22.8 Å². The van der Waals surface area contributed by atoms with E-state index in [1.54, 1.807) is 6.26 Å². The Bertz CT molecular complexity index is 296. The maximum Gasteiger partial charge on any atom is 0.122 e. The zero-order valence-corrected chi connectivity index (χ0v) is 8.28. The highest BCUT2D eigenvalue weighted by molar-refractivity contribution is 5.08. The third kappa shape index (κ3) is 1.28. The summed E-state index contributed by atoms with van der Waals surface area (Å²) in [4.78, 5) is 2.59. The van der Waals surface area contributed by atoms with Crippen LogP contribution in [0.3, 0.4) is 0 Å². The van der Waals surface area contributed by atoms with Crippen LogP contribution in [0, 0.1) is 0 Å². The Morgan fingerprint density at radius 1 is 1.43 bits per heavy atom. The van der Waals surface area contributed by atoms with E-state index < -0.39 is 0 Å². The fourth-order valence-electron chi connectivity index (χ4n) is 2.74. The van der Waals surface area contributed by atoms with Crippen molar-refractivity contribution in [3.05, 3.63) is 24.2 Å². The van der Waals surface area contributed by atoms with Gasteiger partial charge >= 0.3 is 0 Å². The van der Waals surface area contributed by atoms with Crippen LogP contribution < -0.4 is 5.32 Å². The molecular formula is C11H16N2O. The van der Waals surface area contributed by atoms with E-state index in [1.807, 2.05) is 6.07 Å². The molecule has 1 N–H and O–H groups in total. The summed E-state index contributed by atoms with van der Waals surface area (Å²) < 4.78 is 5.50. The standard InChI is InChI=1S/C11H16N2O/c1-3-9-7-12-8-10(13(9)5-1)11-4-2-6-14-11/h2,4,6,9-10,12H,1,3,5,7-8H2/t9-,10?/m0/s1. The lowest BCUT2D eigenvalue weighted by Gasteiger charge is -2.36. The molecule has 0 aromatic carbocycles. The highest BCUT2D eigenvalue weighted by atomic mass is 16.3. The van der Waals surface area contributed by atoms with Crippen molar-refractivity contribution in [2.75, 3.05) is 19.6 Å². The van der Waals surface area contributed by atoms with E-state index in [2.05, 4.69) is 16.3 Å². The fraction of sp³-hybridized carbons (Fsp3) is 0.636. The van der Waals surface area contributed by atoms with Gasteiger partial charge in [-0.15, -0.1) is 0 Å². The number of piperazine rings is 1. The Hall–Kier alpha value is -0.800. The van der Waals surface area contributed by atoms with Gasteiger partial charge in [-0.2, -0.15) is 0 Å². The summed E-state index contributed by atoms with van der Waals surface area (Å²) in [6.07, 6.45) is 4.45. The van der Waals surface area contributed by atoms with Crippen LogP contribution >= 0.6 is 0 Å². The first-order chi connectivity index (χ1) is 6.95. The van der Waals surface area contributed by atoms with Gasteiger partial charge in [0.25, 0.3) is 0 Å². The lowest BCUT2D eigenvalue weighted by molar-refractivity contribution is 0.121. The van der Waals surface area contributed by atoms with Crippen LogP contribution in [0.25, 0.3) is 0 Å². The number of furan rings is 1. The first-order valence-corrected chi connectivity index (χ1v) is 5.45. The van der Waals surface area contributed by atoms with Crippen LogP contribution in [-0.2, 0) is 0 Å². The lowest BCUT2D eigenvalue weighted by atomic mass is 10.1. The number of hydrogen-bond donors (Lipinski definition) is 1. The molecule has 2 aliphatic heterocycles. The molecule has 0 amide bonds. The van der Waals surface area contributed by atoms with E-state index in [0.29, 0.717) is 6.04 Å². The van der Waals surface area contributed by atoms with Gasteiger partial charge in [0.1, 0.15) is 5.76 Å². The predicted molar refractivity (Wildman–Crippen MR) is 54.0 cm³/mol. The monoisotopic (exact) mass is 192 g/mol. The van der Waals surface area contributed by atoms with E-state index in [0.717, 1.165) is 24.9 Å². The zero-order chi connectivity index (χ0) is 9.38. The molecule has 76 valence electrons. The molecule has 0 saturated carbocycles. The van der Waals surface area contributed by atoms with Gasteiger partial charge in [-0.05, 0) is 31.5 Å². The van der Waals surface area contributed by atoms with Crippen molar-refractivity contribution in [2.45, 2.75) is 24.9 Å². The maximum absolute atomic E-state index is 5.50. The summed E-state index contributed by atoms with van der Waals surface area (Å²) in [5, 5.41) is 3.49. The van der Waals surface area contributed by atoms with Gasteiger partial charge in [-0.3, -0.25) is 4.90 Å². The van der Waals surface area contributed by atoms with Crippen LogP contribution in [-0.4, -0.2) is 30.6 Å². The molecule has 2 saturated heterocycles. The van der Waals surface area contributed by atoms with Crippen molar-refractivity contribution in [3.8, 4) is 0 Å². The minimum absolute atomic E-state index is 0.464. The Morgan fingerprint density at radius 3 is 3.29 bits per heavy atom. The molecule has 2 fully saturated rings. The second-order valence-electron chi connectivity index (χ2n) is 4.22. The quantitative estimate of drug-likeness (QED) is 0.729. The highest BCUT2D eigenvalue weighted by Gasteiger charge is 2.35. The zero-order valence-electron chi connectivity index (χ0n) is 8.28. The lowest BCUT2D eigenvalue weighted by Crippen LogP contribution is -2.49. The van der Waals surface area contributed by atoms with Gasteiger partial charge in [0.15, 0.2) is 0 Å². The Labute approximate surface area is 84.1 Å². The number of fused-ring (bicyclic) bond motifs is 1. The highest BCUT2D eigenvalue weighted by Crippen LogP contribution is 2.31. The van der Waals surface area contributed by atoms with Crippen molar-refractivity contribution < 1.29 is 4.42 Å². The molecule has 0 bridgehead atoms. The van der Waals surface area contributed by atoms with Crippen LogP contribution in [0.4, 0.5) is 0 Å². The minimum Gasteiger partial charge on any atom is -0.468 e. The van der Waals surface area contributed by atoms with E-state index in [-0.39, 0.29) is 0 Å². The van der Waals surface area contributed by atoms with Gasteiger partial charge in [-0.1, -0.05) is 0 Å². The van der Waals surface area contributed by atoms with Crippen molar-refractivity contribution >= 4 is 0 Å². The summed E-state index contributed by atoms with van der Waals surface area (Å²) >= 11 is 0. The first-order valence-electron chi connectivity index (χ1n) is 5.45. The second kappa shape index (κ2) is 3.41. The van der Waals surface area contributed by atoms with Crippen molar-refractivity contribution in [3.63, 3.8) is 0 Å². The third-order valence-corrected chi connectivity index (χ3v) is 3.41. The van der Waals surface area contributed by atoms with Crippen LogP contribution in [0.2, 0.25) is 0 Å². The summed E-state index contributed by atoms with van der Waals surface area (Å²) in [5.74, 6) is 1.11. The Kier molecular flexibility index (Phi) is 2.07. The molecule has 3 heterocycles. The van der Waals surface area contributed by atoms with Gasteiger partial charge in [0, 0.05) is 19.1 Å². The largest absolute Gasteiger partial charge is 0.468 e. The average molecular weight is 192 g/mol. The summed E-state index contributed by atoms with van der Waals surface area (Å²) in [6, 6.07) is 5.27. The molecule has 3 heteroatoms. The number of rotatable bonds is 1. The fourth-order valence-corrected chi connectivity index (χ4v) is 2.74. The van der Waals surface area contributed by atoms with E-state index in [4.69, 9.17) is 4.42 Å². The molecule has 1 unspecified atom stereocenters. The number of nitrogens with one attached hydrogen (secondary N) is 1. The molecule has 2 atom stereocenters. The van der Waals surface area contributed by atoms with E-state index in [9.17, 15) is 0 Å². The van der Waals surface area contributed by atoms with E-state index in [1.165, 1.54) is 19.4 Å². The molecule has 2 aliphatic rings. The molecule has 3 nitrogen and oxygen atoms in total. The normalized spacial score (nSPS) is 33.1. The van der Waals surface area contributed by atoms with Gasteiger partial charge < -0.3 is 9.73 Å². The number of hydrogen-bond acceptors (Lipinski definition) is 3. The van der Waals surface area contributed by atoms with Crippen molar-refractivity contribution in [1.29, 1.82) is 0 Å². The van der Waals surface area contributed by atoms with Gasteiger partial charge in [-0.25, -0.2) is 0 Å². The third-order valence-electron chi connectivity index (χ3n) is 3.41. The summed E-state index contributed by atoms with van der Waals surface area (Å²) in [6.45, 7) is 3.42. The average Bonchev–Trinajstić information content (AvgIpc) is 2.88. The molecule has 1 aromatic heterocycles. The molecule has 1 aromatic rings. The topological polar surface area (TPSA) is 28.4 Å². The van der Waals surface area contributed by atoms with Gasteiger partial charge in [0.2, 0.25) is 0 Å². The molecule has 0 spiro atoms. The predicted octanol–water partition coefficient (Wildman–Crippen LogP) is 1.39.